The molecule has 0 bridgehead atoms. The Labute approximate surface area is 232 Å². The van der Waals surface area contributed by atoms with Crippen LogP contribution in [0, 0.1) is 13.8 Å². The maximum atomic E-state index is 3.83. The van der Waals surface area contributed by atoms with Crippen molar-refractivity contribution in [3.05, 3.63) is 128 Å². The highest BCUT2D eigenvalue weighted by Gasteiger charge is 2.21. The molecule has 5 rings (SSSR count). The third-order valence-electron chi connectivity index (χ3n) is 6.42. The van der Waals surface area contributed by atoms with Gasteiger partial charge in [0, 0.05) is 13.4 Å². The molecule has 5 aromatic carbocycles. The van der Waals surface area contributed by atoms with Crippen molar-refractivity contribution in [1.29, 1.82) is 0 Å². The zero-order valence-corrected chi connectivity index (χ0v) is 24.2. The molecule has 172 valence electrons. The fraction of sp³-hybridized carbons (Fsp3) is 0.0625. The molecule has 0 fully saturated rings. The Balaban J connectivity index is 1.95. The number of halogens is 3. The minimum atomic E-state index is 1.07. The fourth-order valence-electron chi connectivity index (χ4n) is 4.80. The Morgan fingerprint density at radius 3 is 1.77 bits per heavy atom. The SMILES string of the molecule is Cc1ccccc1-c1cc(-c2ccccc2Br)c(-c2cccc(Br)c2)c(C)c1-c1ccc(Br)cc1. The highest BCUT2D eigenvalue weighted by atomic mass is 79.9. The molecule has 35 heavy (non-hydrogen) atoms. The van der Waals surface area contributed by atoms with Crippen LogP contribution in [0.25, 0.3) is 44.5 Å². The summed E-state index contributed by atoms with van der Waals surface area (Å²) in [5.41, 5.74) is 12.3. The van der Waals surface area contributed by atoms with Crippen molar-refractivity contribution < 1.29 is 0 Å². The highest BCUT2D eigenvalue weighted by Crippen LogP contribution is 2.47. The van der Waals surface area contributed by atoms with Crippen molar-refractivity contribution in [2.75, 3.05) is 0 Å². The monoisotopic (exact) mass is 644 g/mol. The van der Waals surface area contributed by atoms with Gasteiger partial charge in [-0.15, -0.1) is 0 Å². The molecule has 3 heteroatoms. The number of aryl methyl sites for hydroxylation is 1. The number of hydrogen-bond donors (Lipinski definition) is 0. The minimum Gasteiger partial charge on any atom is -0.0620 e. The normalized spacial score (nSPS) is 11.0. The van der Waals surface area contributed by atoms with Crippen molar-refractivity contribution in [1.82, 2.24) is 0 Å². The van der Waals surface area contributed by atoms with Crippen LogP contribution in [-0.2, 0) is 0 Å². The van der Waals surface area contributed by atoms with E-state index in [-0.39, 0.29) is 0 Å². The zero-order valence-electron chi connectivity index (χ0n) is 19.4. The maximum absolute atomic E-state index is 3.83. The lowest BCUT2D eigenvalue weighted by atomic mass is 9.81. The first-order chi connectivity index (χ1) is 16.9. The third kappa shape index (κ3) is 4.82. The van der Waals surface area contributed by atoms with Crippen LogP contribution >= 0.6 is 47.8 Å². The van der Waals surface area contributed by atoms with Gasteiger partial charge in [0.05, 0.1) is 0 Å². The molecule has 5 aromatic rings. The Morgan fingerprint density at radius 1 is 0.457 bits per heavy atom. The Hall–Kier alpha value is -2.46. The number of benzene rings is 5. The van der Waals surface area contributed by atoms with E-state index in [2.05, 4.69) is 165 Å². The molecule has 0 atom stereocenters. The summed E-state index contributed by atoms with van der Waals surface area (Å²) in [5.74, 6) is 0. The second-order valence-electron chi connectivity index (χ2n) is 8.66. The topological polar surface area (TPSA) is 0 Å². The molecule has 0 aromatic heterocycles. The lowest BCUT2D eigenvalue weighted by Crippen LogP contribution is -1.98. The molecular weight excluding hydrogens is 624 g/mol. The van der Waals surface area contributed by atoms with Crippen molar-refractivity contribution in [3.63, 3.8) is 0 Å². The maximum Gasteiger partial charge on any atom is 0.0253 e. The van der Waals surface area contributed by atoms with E-state index < -0.39 is 0 Å². The molecule has 0 aliphatic rings. The summed E-state index contributed by atoms with van der Waals surface area (Å²) in [6.45, 7) is 4.45. The Morgan fingerprint density at radius 2 is 1.09 bits per heavy atom. The molecule has 0 N–H and O–H groups in total. The first kappa shape index (κ1) is 24.2. The van der Waals surface area contributed by atoms with Crippen LogP contribution in [0.1, 0.15) is 11.1 Å². The predicted octanol–water partition coefficient (Wildman–Crippen LogP) is 11.3. The van der Waals surface area contributed by atoms with E-state index in [0.29, 0.717) is 0 Å². The van der Waals surface area contributed by atoms with Gasteiger partial charge >= 0.3 is 0 Å². The van der Waals surface area contributed by atoms with Crippen LogP contribution in [0.4, 0.5) is 0 Å². The minimum absolute atomic E-state index is 1.07. The molecule has 0 heterocycles. The molecule has 0 radical (unpaired) electrons. The number of rotatable bonds is 4. The summed E-state index contributed by atoms with van der Waals surface area (Å²) >= 11 is 11.1. The van der Waals surface area contributed by atoms with Crippen LogP contribution < -0.4 is 0 Å². The first-order valence-electron chi connectivity index (χ1n) is 11.4. The fourth-order valence-corrected chi connectivity index (χ4v) is 5.96. The molecule has 0 aliphatic carbocycles. The van der Waals surface area contributed by atoms with E-state index in [0.717, 1.165) is 13.4 Å². The van der Waals surface area contributed by atoms with Crippen molar-refractivity contribution >= 4 is 47.8 Å². The van der Waals surface area contributed by atoms with Crippen molar-refractivity contribution in [3.8, 4) is 44.5 Å². The van der Waals surface area contributed by atoms with Gasteiger partial charge in [0.1, 0.15) is 0 Å². The van der Waals surface area contributed by atoms with Crippen molar-refractivity contribution in [2.45, 2.75) is 13.8 Å². The lowest BCUT2D eigenvalue weighted by molar-refractivity contribution is 1.40. The summed E-state index contributed by atoms with van der Waals surface area (Å²) < 4.78 is 3.23. The number of hydrogen-bond acceptors (Lipinski definition) is 0. The predicted molar refractivity (Wildman–Crippen MR) is 161 cm³/mol. The van der Waals surface area contributed by atoms with Gasteiger partial charge in [-0.05, 0) is 106 Å². The average Bonchev–Trinajstić information content (AvgIpc) is 2.85. The summed E-state index contributed by atoms with van der Waals surface area (Å²) in [7, 11) is 0. The van der Waals surface area contributed by atoms with Crippen LogP contribution in [0.5, 0.6) is 0 Å². The molecule has 0 aliphatic heterocycles. The molecule has 0 spiro atoms. The summed E-state index contributed by atoms with van der Waals surface area (Å²) in [6, 6.07) is 36.8. The van der Waals surface area contributed by atoms with Gasteiger partial charge in [0.25, 0.3) is 0 Å². The van der Waals surface area contributed by atoms with Crippen LogP contribution in [0.3, 0.4) is 0 Å². The molecule has 0 amide bonds. The molecular formula is C32H23Br3. The van der Waals surface area contributed by atoms with E-state index in [9.17, 15) is 0 Å². The summed E-state index contributed by atoms with van der Waals surface area (Å²) in [4.78, 5) is 0. The first-order valence-corrected chi connectivity index (χ1v) is 13.8. The lowest BCUT2D eigenvalue weighted by Gasteiger charge is -2.23. The van der Waals surface area contributed by atoms with Gasteiger partial charge in [-0.3, -0.25) is 0 Å². The molecule has 0 nitrogen and oxygen atoms in total. The van der Waals surface area contributed by atoms with Crippen LogP contribution in [0.2, 0.25) is 0 Å². The van der Waals surface area contributed by atoms with Gasteiger partial charge in [-0.1, -0.05) is 115 Å². The van der Waals surface area contributed by atoms with E-state index in [1.54, 1.807) is 0 Å². The standard InChI is InChI=1S/C32H23Br3/c1-20-8-3-4-11-26(20)28-19-29(27-12-5-6-13-30(27)35)32(23-9-7-10-25(34)18-23)21(2)31(28)22-14-16-24(33)17-15-22/h3-19H,1-2H3. The van der Waals surface area contributed by atoms with Gasteiger partial charge in [-0.25, -0.2) is 0 Å². The molecule has 0 saturated heterocycles. The van der Waals surface area contributed by atoms with Gasteiger partial charge < -0.3 is 0 Å². The van der Waals surface area contributed by atoms with Crippen LogP contribution in [0.15, 0.2) is 117 Å². The zero-order chi connectivity index (χ0) is 24.5. The largest absolute Gasteiger partial charge is 0.0620 e. The second kappa shape index (κ2) is 10.3. The summed E-state index contributed by atoms with van der Waals surface area (Å²) in [6.07, 6.45) is 0. The van der Waals surface area contributed by atoms with E-state index in [1.807, 2.05) is 0 Å². The molecule has 0 saturated carbocycles. The average molecular weight is 647 g/mol. The third-order valence-corrected chi connectivity index (χ3v) is 8.14. The molecule has 0 unspecified atom stereocenters. The Bertz CT molecular complexity index is 1530. The van der Waals surface area contributed by atoms with Gasteiger partial charge in [0.15, 0.2) is 0 Å². The van der Waals surface area contributed by atoms with Crippen LogP contribution in [-0.4, -0.2) is 0 Å². The van der Waals surface area contributed by atoms with Gasteiger partial charge in [0.2, 0.25) is 0 Å². The summed E-state index contributed by atoms with van der Waals surface area (Å²) in [5, 5.41) is 0. The van der Waals surface area contributed by atoms with E-state index in [1.165, 1.54) is 55.6 Å². The van der Waals surface area contributed by atoms with E-state index >= 15 is 0 Å². The Kier molecular flexibility index (Phi) is 7.11. The van der Waals surface area contributed by atoms with Gasteiger partial charge in [-0.2, -0.15) is 0 Å². The smallest absolute Gasteiger partial charge is 0.0253 e. The highest BCUT2D eigenvalue weighted by molar-refractivity contribution is 9.11. The quantitative estimate of drug-likeness (QED) is 0.182. The van der Waals surface area contributed by atoms with E-state index in [4.69, 9.17) is 0 Å². The second-order valence-corrected chi connectivity index (χ2v) is 11.3. The van der Waals surface area contributed by atoms with Crippen molar-refractivity contribution in [2.24, 2.45) is 0 Å².